The minimum atomic E-state index is -0.242. The van der Waals surface area contributed by atoms with Crippen molar-refractivity contribution in [2.24, 2.45) is 0 Å². The third-order valence-electron chi connectivity index (χ3n) is 2.71. The second-order valence-corrected chi connectivity index (χ2v) is 3.84. The Morgan fingerprint density at radius 2 is 1.88 bits per heavy atom. The van der Waals surface area contributed by atoms with Gasteiger partial charge in [0.1, 0.15) is 11.6 Å². The molecule has 1 aromatic carbocycles. The van der Waals surface area contributed by atoms with Gasteiger partial charge in [-0.05, 0) is 37.3 Å². The van der Waals surface area contributed by atoms with Crippen molar-refractivity contribution >= 4 is 11.0 Å². The Morgan fingerprint density at radius 3 is 2.65 bits per heavy atom. The lowest BCUT2D eigenvalue weighted by atomic mass is 10.3. The van der Waals surface area contributed by atoms with Crippen LogP contribution in [-0.2, 0) is 0 Å². The van der Waals surface area contributed by atoms with Crippen molar-refractivity contribution in [3.05, 3.63) is 54.4 Å². The van der Waals surface area contributed by atoms with Gasteiger partial charge in [0, 0.05) is 11.9 Å². The van der Waals surface area contributed by atoms with Gasteiger partial charge in [0.15, 0.2) is 0 Å². The zero-order valence-corrected chi connectivity index (χ0v) is 9.26. The van der Waals surface area contributed by atoms with Crippen LogP contribution < -0.4 is 0 Å². The van der Waals surface area contributed by atoms with Crippen LogP contribution in [0.1, 0.15) is 5.82 Å². The summed E-state index contributed by atoms with van der Waals surface area (Å²) in [5, 5.41) is 0. The van der Waals surface area contributed by atoms with Crippen LogP contribution in [0.4, 0.5) is 4.39 Å². The first kappa shape index (κ1) is 9.96. The first-order valence-corrected chi connectivity index (χ1v) is 5.31. The average Bonchev–Trinajstić information content (AvgIpc) is 2.66. The molecule has 3 aromatic rings. The van der Waals surface area contributed by atoms with E-state index in [4.69, 9.17) is 0 Å². The molecular formula is C13H10FN3. The Kier molecular flexibility index (Phi) is 2.14. The maximum Gasteiger partial charge on any atom is 0.123 e. The minimum Gasteiger partial charge on any atom is -0.295 e. The van der Waals surface area contributed by atoms with Crippen LogP contribution in [0.2, 0.25) is 0 Å². The van der Waals surface area contributed by atoms with Gasteiger partial charge in [0.05, 0.1) is 17.2 Å². The number of rotatable bonds is 1. The molecule has 3 nitrogen and oxygen atoms in total. The smallest absolute Gasteiger partial charge is 0.123 e. The van der Waals surface area contributed by atoms with Gasteiger partial charge >= 0.3 is 0 Å². The number of hydrogen-bond acceptors (Lipinski definition) is 2. The van der Waals surface area contributed by atoms with E-state index in [9.17, 15) is 4.39 Å². The minimum absolute atomic E-state index is 0.242. The number of hydrogen-bond donors (Lipinski definition) is 0. The Bertz CT molecular complexity index is 671. The number of halogens is 1. The van der Waals surface area contributed by atoms with Crippen molar-refractivity contribution in [1.82, 2.24) is 14.5 Å². The van der Waals surface area contributed by atoms with E-state index in [1.54, 1.807) is 24.5 Å². The number of benzene rings is 1. The summed E-state index contributed by atoms with van der Waals surface area (Å²) in [6, 6.07) is 8.21. The van der Waals surface area contributed by atoms with Gasteiger partial charge < -0.3 is 0 Å². The maximum atomic E-state index is 12.9. The molecule has 17 heavy (non-hydrogen) atoms. The van der Waals surface area contributed by atoms with Crippen LogP contribution in [0, 0.1) is 12.7 Å². The summed E-state index contributed by atoms with van der Waals surface area (Å²) < 4.78 is 14.9. The molecule has 2 heterocycles. The van der Waals surface area contributed by atoms with Crippen LogP contribution in [-0.4, -0.2) is 14.5 Å². The van der Waals surface area contributed by atoms with Crippen molar-refractivity contribution in [1.29, 1.82) is 0 Å². The third kappa shape index (κ3) is 1.58. The van der Waals surface area contributed by atoms with E-state index >= 15 is 0 Å². The molecular weight excluding hydrogens is 217 g/mol. The Labute approximate surface area is 97.6 Å². The van der Waals surface area contributed by atoms with E-state index in [-0.39, 0.29) is 5.82 Å². The molecule has 0 radical (unpaired) electrons. The van der Waals surface area contributed by atoms with Crippen LogP contribution in [0.5, 0.6) is 0 Å². The average molecular weight is 227 g/mol. The maximum absolute atomic E-state index is 12.9. The summed E-state index contributed by atoms with van der Waals surface area (Å²) in [5.41, 5.74) is 2.71. The molecule has 0 unspecified atom stereocenters. The predicted octanol–water partition coefficient (Wildman–Crippen LogP) is 2.87. The molecule has 0 amide bonds. The van der Waals surface area contributed by atoms with Crippen molar-refractivity contribution in [2.75, 3.05) is 0 Å². The lowest BCUT2D eigenvalue weighted by molar-refractivity contribution is 0.627. The van der Waals surface area contributed by atoms with E-state index in [1.165, 1.54) is 12.1 Å². The number of fused-ring (bicyclic) bond motifs is 1. The van der Waals surface area contributed by atoms with Gasteiger partial charge in [0.25, 0.3) is 0 Å². The van der Waals surface area contributed by atoms with Crippen LogP contribution >= 0.6 is 0 Å². The highest BCUT2D eigenvalue weighted by Gasteiger charge is 2.08. The first-order chi connectivity index (χ1) is 8.25. The monoisotopic (exact) mass is 227 g/mol. The topological polar surface area (TPSA) is 30.7 Å². The zero-order chi connectivity index (χ0) is 11.8. The summed E-state index contributed by atoms with van der Waals surface area (Å²) in [4.78, 5) is 8.54. The number of pyridine rings is 1. The quantitative estimate of drug-likeness (QED) is 0.640. The SMILES string of the molecule is Cc1nc2ccncc2n1-c1ccc(F)cc1. The highest BCUT2D eigenvalue weighted by molar-refractivity contribution is 5.77. The van der Waals surface area contributed by atoms with Gasteiger partial charge in [-0.3, -0.25) is 9.55 Å². The highest BCUT2D eigenvalue weighted by atomic mass is 19.1. The predicted molar refractivity (Wildman–Crippen MR) is 63.6 cm³/mol. The lowest BCUT2D eigenvalue weighted by Crippen LogP contribution is -1.96. The molecule has 0 fully saturated rings. The Balaban J connectivity index is 2.29. The molecule has 4 heteroatoms. The van der Waals surface area contributed by atoms with E-state index < -0.39 is 0 Å². The van der Waals surface area contributed by atoms with Gasteiger partial charge in [-0.25, -0.2) is 9.37 Å². The normalized spacial score (nSPS) is 10.9. The van der Waals surface area contributed by atoms with E-state index in [0.29, 0.717) is 0 Å². The van der Waals surface area contributed by atoms with Crippen LogP contribution in [0.3, 0.4) is 0 Å². The van der Waals surface area contributed by atoms with E-state index in [0.717, 1.165) is 22.5 Å². The largest absolute Gasteiger partial charge is 0.295 e. The van der Waals surface area contributed by atoms with E-state index in [2.05, 4.69) is 9.97 Å². The van der Waals surface area contributed by atoms with Gasteiger partial charge in [-0.15, -0.1) is 0 Å². The Hall–Kier alpha value is -2.23. The summed E-state index contributed by atoms with van der Waals surface area (Å²) in [7, 11) is 0. The van der Waals surface area contributed by atoms with Crippen LogP contribution in [0.25, 0.3) is 16.7 Å². The highest BCUT2D eigenvalue weighted by Crippen LogP contribution is 2.20. The summed E-state index contributed by atoms with van der Waals surface area (Å²) >= 11 is 0. The summed E-state index contributed by atoms with van der Waals surface area (Å²) in [6.07, 6.45) is 3.47. The molecule has 0 saturated carbocycles. The van der Waals surface area contributed by atoms with Gasteiger partial charge in [-0.2, -0.15) is 0 Å². The lowest BCUT2D eigenvalue weighted by Gasteiger charge is -2.05. The molecule has 0 aliphatic rings. The number of aromatic nitrogens is 3. The first-order valence-electron chi connectivity index (χ1n) is 5.31. The fourth-order valence-corrected chi connectivity index (χ4v) is 1.96. The third-order valence-corrected chi connectivity index (χ3v) is 2.71. The molecule has 0 spiro atoms. The second kappa shape index (κ2) is 3.66. The molecule has 0 aliphatic heterocycles. The standard InChI is InChI=1S/C13H10FN3/c1-9-16-12-6-7-15-8-13(12)17(9)11-4-2-10(14)3-5-11/h2-8H,1H3. The Morgan fingerprint density at radius 1 is 1.12 bits per heavy atom. The van der Waals surface area contributed by atoms with Crippen molar-refractivity contribution in [3.63, 3.8) is 0 Å². The number of imidazole rings is 1. The molecule has 3 rings (SSSR count). The number of aryl methyl sites for hydroxylation is 1. The molecule has 0 atom stereocenters. The van der Waals surface area contributed by atoms with E-state index in [1.807, 2.05) is 17.6 Å². The fraction of sp³-hybridized carbons (Fsp3) is 0.0769. The summed E-state index contributed by atoms with van der Waals surface area (Å²) in [6.45, 7) is 1.92. The zero-order valence-electron chi connectivity index (χ0n) is 9.26. The molecule has 0 saturated heterocycles. The van der Waals surface area contributed by atoms with Crippen molar-refractivity contribution in [3.8, 4) is 5.69 Å². The molecule has 2 aromatic heterocycles. The second-order valence-electron chi connectivity index (χ2n) is 3.84. The van der Waals surface area contributed by atoms with Gasteiger partial charge in [-0.1, -0.05) is 0 Å². The molecule has 0 aliphatic carbocycles. The molecule has 84 valence electrons. The molecule has 0 bridgehead atoms. The van der Waals surface area contributed by atoms with Crippen molar-refractivity contribution in [2.45, 2.75) is 6.92 Å². The van der Waals surface area contributed by atoms with Crippen LogP contribution in [0.15, 0.2) is 42.7 Å². The van der Waals surface area contributed by atoms with Gasteiger partial charge in [0.2, 0.25) is 0 Å². The molecule has 0 N–H and O–H groups in total. The number of nitrogens with zero attached hydrogens (tertiary/aromatic N) is 3. The summed E-state index contributed by atoms with van der Waals surface area (Å²) in [5.74, 6) is 0.619. The fourth-order valence-electron chi connectivity index (χ4n) is 1.96. The van der Waals surface area contributed by atoms with Crippen molar-refractivity contribution < 1.29 is 4.39 Å².